The van der Waals surface area contributed by atoms with Crippen molar-refractivity contribution in [2.45, 2.75) is 24.9 Å². The Labute approximate surface area is 162 Å². The first kappa shape index (κ1) is 16.8. The van der Waals surface area contributed by atoms with Gasteiger partial charge in [-0.3, -0.25) is 9.69 Å². The zero-order valence-corrected chi connectivity index (χ0v) is 15.9. The number of aromatic amines is 1. The van der Waals surface area contributed by atoms with Crippen LogP contribution in [0.25, 0.3) is 22.4 Å². The SMILES string of the molecule is CN(C(=O)c1ccc2nc(-c3ccc(Cl)cc3)[nH]c2c1)C1CN(C2CC2)C1. The van der Waals surface area contributed by atoms with Gasteiger partial charge >= 0.3 is 0 Å². The van der Waals surface area contributed by atoms with E-state index in [1.807, 2.05) is 54.4 Å². The first-order valence-electron chi connectivity index (χ1n) is 9.35. The van der Waals surface area contributed by atoms with Crippen molar-refractivity contribution < 1.29 is 4.79 Å². The van der Waals surface area contributed by atoms with Crippen LogP contribution in [0.3, 0.4) is 0 Å². The molecule has 27 heavy (non-hydrogen) atoms. The molecular weight excluding hydrogens is 360 g/mol. The van der Waals surface area contributed by atoms with Crippen LogP contribution in [-0.4, -0.2) is 57.9 Å². The summed E-state index contributed by atoms with van der Waals surface area (Å²) in [5.41, 5.74) is 3.38. The van der Waals surface area contributed by atoms with E-state index in [9.17, 15) is 4.79 Å². The average Bonchev–Trinajstić information content (AvgIpc) is 3.37. The maximum atomic E-state index is 12.9. The van der Waals surface area contributed by atoms with Crippen molar-refractivity contribution in [3.8, 4) is 11.4 Å². The molecule has 2 aromatic carbocycles. The van der Waals surface area contributed by atoms with Crippen LogP contribution in [0.2, 0.25) is 5.02 Å². The molecule has 1 amide bonds. The van der Waals surface area contributed by atoms with Crippen LogP contribution in [-0.2, 0) is 0 Å². The number of hydrogen-bond acceptors (Lipinski definition) is 3. The number of hydrogen-bond donors (Lipinski definition) is 1. The highest BCUT2D eigenvalue weighted by Crippen LogP contribution is 2.32. The molecule has 6 heteroatoms. The molecule has 1 saturated carbocycles. The number of benzene rings is 2. The van der Waals surface area contributed by atoms with Crippen LogP contribution in [0, 0.1) is 0 Å². The molecule has 2 fully saturated rings. The van der Waals surface area contributed by atoms with E-state index in [1.165, 1.54) is 12.8 Å². The van der Waals surface area contributed by atoms with Crippen LogP contribution >= 0.6 is 11.6 Å². The van der Waals surface area contributed by atoms with E-state index in [-0.39, 0.29) is 5.91 Å². The van der Waals surface area contributed by atoms with Gasteiger partial charge in [0, 0.05) is 42.3 Å². The summed E-state index contributed by atoms with van der Waals surface area (Å²) in [5.74, 6) is 0.846. The number of halogens is 1. The molecule has 1 aliphatic carbocycles. The van der Waals surface area contributed by atoms with Crippen LogP contribution in [0.5, 0.6) is 0 Å². The number of aromatic nitrogens is 2. The third kappa shape index (κ3) is 3.11. The van der Waals surface area contributed by atoms with Gasteiger partial charge in [0.25, 0.3) is 5.91 Å². The van der Waals surface area contributed by atoms with Crippen molar-refractivity contribution in [1.82, 2.24) is 19.8 Å². The number of likely N-dealkylation sites (N-methyl/N-ethyl adjacent to an activating group) is 1. The fourth-order valence-corrected chi connectivity index (χ4v) is 3.85. The number of nitrogens with zero attached hydrogens (tertiary/aromatic N) is 3. The molecule has 3 aromatic rings. The van der Waals surface area contributed by atoms with Crippen LogP contribution < -0.4 is 0 Å². The van der Waals surface area contributed by atoms with E-state index in [1.54, 1.807) is 0 Å². The van der Waals surface area contributed by atoms with Crippen molar-refractivity contribution in [3.05, 3.63) is 53.1 Å². The number of amides is 1. The fourth-order valence-electron chi connectivity index (χ4n) is 3.73. The zero-order chi connectivity index (χ0) is 18.5. The molecule has 5 rings (SSSR count). The molecule has 2 heterocycles. The minimum absolute atomic E-state index is 0.0694. The van der Waals surface area contributed by atoms with Gasteiger partial charge in [-0.1, -0.05) is 11.6 Å². The standard InChI is InChI=1S/C21H21ClN4O/c1-25(17-11-26(12-17)16-7-8-16)21(27)14-4-9-18-19(10-14)24-20(23-18)13-2-5-15(22)6-3-13/h2-6,9-10,16-17H,7-8,11-12H2,1H3,(H,23,24). The van der Waals surface area contributed by atoms with Gasteiger partial charge in [0.2, 0.25) is 0 Å². The highest BCUT2D eigenvalue weighted by atomic mass is 35.5. The second-order valence-electron chi connectivity index (χ2n) is 7.58. The number of fused-ring (bicyclic) bond motifs is 1. The number of nitrogens with one attached hydrogen (secondary N) is 1. The van der Waals surface area contributed by atoms with E-state index in [0.29, 0.717) is 16.6 Å². The molecule has 1 aliphatic heterocycles. The Morgan fingerprint density at radius 2 is 1.93 bits per heavy atom. The van der Waals surface area contributed by atoms with E-state index in [4.69, 9.17) is 11.6 Å². The van der Waals surface area contributed by atoms with Gasteiger partial charge in [0.1, 0.15) is 5.82 Å². The summed E-state index contributed by atoms with van der Waals surface area (Å²) < 4.78 is 0. The molecule has 0 atom stereocenters. The molecule has 1 saturated heterocycles. The molecular formula is C21H21ClN4O. The predicted octanol–water partition coefficient (Wildman–Crippen LogP) is 3.80. The molecule has 1 aromatic heterocycles. The number of carbonyl (C=O) groups excluding carboxylic acids is 1. The lowest BCUT2D eigenvalue weighted by molar-refractivity contribution is 0.0332. The van der Waals surface area contributed by atoms with Gasteiger partial charge < -0.3 is 9.88 Å². The maximum absolute atomic E-state index is 12.9. The number of H-pyrrole nitrogens is 1. The minimum Gasteiger partial charge on any atom is -0.338 e. The third-order valence-electron chi connectivity index (χ3n) is 5.67. The Bertz CT molecular complexity index is 1000. The fraction of sp³-hybridized carbons (Fsp3) is 0.333. The summed E-state index contributed by atoms with van der Waals surface area (Å²) in [6.45, 7) is 2.00. The molecule has 2 aliphatic rings. The topological polar surface area (TPSA) is 52.2 Å². The summed E-state index contributed by atoms with van der Waals surface area (Å²) in [6.07, 6.45) is 2.63. The molecule has 0 bridgehead atoms. The normalized spacial score (nSPS) is 17.9. The first-order valence-corrected chi connectivity index (χ1v) is 9.73. The van der Waals surface area contributed by atoms with Gasteiger partial charge in [-0.2, -0.15) is 0 Å². The Hall–Kier alpha value is -2.37. The van der Waals surface area contributed by atoms with E-state index in [0.717, 1.165) is 41.6 Å². The number of rotatable bonds is 4. The Balaban J connectivity index is 1.36. The van der Waals surface area contributed by atoms with Crippen molar-refractivity contribution >= 4 is 28.5 Å². The number of imidazole rings is 1. The summed E-state index contributed by atoms with van der Waals surface area (Å²) in [5, 5.41) is 0.696. The van der Waals surface area contributed by atoms with Crippen LogP contribution in [0.15, 0.2) is 42.5 Å². The highest BCUT2D eigenvalue weighted by molar-refractivity contribution is 6.30. The van der Waals surface area contributed by atoms with E-state index in [2.05, 4.69) is 14.9 Å². The average molecular weight is 381 g/mol. The molecule has 1 N–H and O–H groups in total. The van der Waals surface area contributed by atoms with Gasteiger partial charge in [-0.25, -0.2) is 4.98 Å². The van der Waals surface area contributed by atoms with Crippen LogP contribution in [0.1, 0.15) is 23.2 Å². The lowest BCUT2D eigenvalue weighted by atomic mass is 10.1. The Morgan fingerprint density at radius 3 is 2.63 bits per heavy atom. The summed E-state index contributed by atoms with van der Waals surface area (Å²) in [6, 6.07) is 14.3. The largest absolute Gasteiger partial charge is 0.338 e. The predicted molar refractivity (Wildman–Crippen MR) is 107 cm³/mol. The number of likely N-dealkylation sites (tertiary alicyclic amines) is 1. The van der Waals surface area contributed by atoms with Crippen molar-refractivity contribution in [1.29, 1.82) is 0 Å². The lowest BCUT2D eigenvalue weighted by Gasteiger charge is -2.44. The van der Waals surface area contributed by atoms with Crippen molar-refractivity contribution in [2.75, 3.05) is 20.1 Å². The van der Waals surface area contributed by atoms with Crippen molar-refractivity contribution in [3.63, 3.8) is 0 Å². The minimum atomic E-state index is 0.0694. The summed E-state index contributed by atoms with van der Waals surface area (Å²) in [4.78, 5) is 25.2. The van der Waals surface area contributed by atoms with Crippen molar-refractivity contribution in [2.24, 2.45) is 0 Å². The quantitative estimate of drug-likeness (QED) is 0.749. The smallest absolute Gasteiger partial charge is 0.254 e. The van der Waals surface area contributed by atoms with Crippen LogP contribution in [0.4, 0.5) is 0 Å². The molecule has 0 unspecified atom stereocenters. The Morgan fingerprint density at radius 1 is 1.19 bits per heavy atom. The number of carbonyl (C=O) groups is 1. The van der Waals surface area contributed by atoms with Gasteiger partial charge in [-0.15, -0.1) is 0 Å². The third-order valence-corrected chi connectivity index (χ3v) is 5.92. The van der Waals surface area contributed by atoms with Gasteiger partial charge in [0.05, 0.1) is 17.1 Å². The molecule has 0 radical (unpaired) electrons. The second kappa shape index (κ2) is 6.36. The maximum Gasteiger partial charge on any atom is 0.254 e. The zero-order valence-electron chi connectivity index (χ0n) is 15.2. The summed E-state index contributed by atoms with van der Waals surface area (Å²) in [7, 11) is 1.91. The second-order valence-corrected chi connectivity index (χ2v) is 8.02. The highest BCUT2D eigenvalue weighted by Gasteiger charge is 2.40. The van der Waals surface area contributed by atoms with Gasteiger partial charge in [-0.05, 0) is 55.3 Å². The molecule has 138 valence electrons. The first-order chi connectivity index (χ1) is 13.1. The lowest BCUT2D eigenvalue weighted by Crippen LogP contribution is -2.60. The Kier molecular flexibility index (Phi) is 3.95. The van der Waals surface area contributed by atoms with E-state index >= 15 is 0 Å². The summed E-state index contributed by atoms with van der Waals surface area (Å²) >= 11 is 5.96. The monoisotopic (exact) mass is 380 g/mol. The molecule has 0 spiro atoms. The van der Waals surface area contributed by atoms with E-state index < -0.39 is 0 Å². The van der Waals surface area contributed by atoms with Gasteiger partial charge in [0.15, 0.2) is 0 Å². The molecule has 5 nitrogen and oxygen atoms in total.